The molecule has 0 aliphatic carbocycles. The number of benzene rings is 2. The molecule has 168 valence electrons. The highest BCUT2D eigenvalue weighted by atomic mass is 35.5. The molecule has 2 aromatic carbocycles. The van der Waals surface area contributed by atoms with Crippen LogP contribution in [0.1, 0.15) is 49.6 Å². The summed E-state index contributed by atoms with van der Waals surface area (Å²) in [5.74, 6) is -1.77. The summed E-state index contributed by atoms with van der Waals surface area (Å²) in [4.78, 5) is 0. The number of hydrogen-bond donors (Lipinski definition) is 0. The van der Waals surface area contributed by atoms with Crippen molar-refractivity contribution >= 4 is 22.7 Å². The molecule has 0 saturated heterocycles. The van der Waals surface area contributed by atoms with E-state index in [1.807, 2.05) is 38.1 Å². The minimum absolute atomic E-state index is 0.0474. The second kappa shape index (κ2) is 9.74. The molecule has 0 spiro atoms. The van der Waals surface area contributed by atoms with Gasteiger partial charge in [0.05, 0.1) is 0 Å². The Labute approximate surface area is 193 Å². The van der Waals surface area contributed by atoms with Crippen molar-refractivity contribution in [2.45, 2.75) is 46.6 Å². The van der Waals surface area contributed by atoms with Crippen molar-refractivity contribution in [1.29, 1.82) is 0 Å². The van der Waals surface area contributed by atoms with Crippen LogP contribution in [0.3, 0.4) is 0 Å². The van der Waals surface area contributed by atoms with Crippen molar-refractivity contribution in [3.63, 3.8) is 0 Å². The summed E-state index contributed by atoms with van der Waals surface area (Å²) in [6.45, 7) is 11.8. The molecule has 32 heavy (non-hydrogen) atoms. The molecule has 0 aliphatic rings. The van der Waals surface area contributed by atoms with Gasteiger partial charge in [-0.05, 0) is 73.9 Å². The maximum atomic E-state index is 13.5. The third-order valence-electron chi connectivity index (χ3n) is 5.14. The Hall–Kier alpha value is -2.85. The lowest BCUT2D eigenvalue weighted by molar-refractivity contribution is 0.0174. The Bertz CT molecular complexity index is 1140. The standard InChI is InChI=1S/C27H28ClF2NO/c1-6-8-25-26(19(4)28)24(17-31(25)13-7-2)20-14-18(3)15-23(16-20)32-22-11-9-21(10-12-22)27(5,29)30/h6,8-12,14-17H,4,7,13H2,1-3,5H3/b8-6-. The van der Waals surface area contributed by atoms with Crippen LogP contribution in [0.5, 0.6) is 11.5 Å². The number of allylic oxidation sites excluding steroid dienone is 1. The second-order valence-electron chi connectivity index (χ2n) is 7.95. The van der Waals surface area contributed by atoms with Crippen molar-refractivity contribution in [3.05, 3.63) is 83.7 Å². The molecule has 0 fully saturated rings. The van der Waals surface area contributed by atoms with E-state index in [1.165, 1.54) is 12.1 Å². The number of aryl methyl sites for hydroxylation is 2. The molecule has 0 bridgehead atoms. The van der Waals surface area contributed by atoms with Crippen molar-refractivity contribution in [1.82, 2.24) is 4.57 Å². The molecule has 3 aromatic rings. The van der Waals surface area contributed by atoms with E-state index >= 15 is 0 Å². The smallest absolute Gasteiger partial charge is 0.270 e. The van der Waals surface area contributed by atoms with E-state index in [2.05, 4.69) is 30.3 Å². The Balaban J connectivity index is 2.04. The lowest BCUT2D eigenvalue weighted by Gasteiger charge is -2.13. The molecular formula is C27H28ClF2NO. The third kappa shape index (κ3) is 5.31. The first-order valence-corrected chi connectivity index (χ1v) is 11.0. The maximum Gasteiger partial charge on any atom is 0.270 e. The van der Waals surface area contributed by atoms with Crippen LogP contribution in [-0.4, -0.2) is 4.57 Å². The average Bonchev–Trinajstić information content (AvgIpc) is 3.06. The van der Waals surface area contributed by atoms with Crippen molar-refractivity contribution in [2.75, 3.05) is 0 Å². The number of aromatic nitrogens is 1. The predicted octanol–water partition coefficient (Wildman–Crippen LogP) is 9.02. The van der Waals surface area contributed by atoms with E-state index in [9.17, 15) is 8.78 Å². The SMILES string of the molecule is C=C(Cl)c1c(-c2cc(C)cc(Oc3ccc(C(C)(F)F)cc3)c2)cn(CCC)c1/C=C\C. The van der Waals surface area contributed by atoms with Gasteiger partial charge in [0.1, 0.15) is 11.5 Å². The zero-order chi connectivity index (χ0) is 23.5. The third-order valence-corrected chi connectivity index (χ3v) is 5.33. The largest absolute Gasteiger partial charge is 0.457 e. The highest BCUT2D eigenvalue weighted by molar-refractivity contribution is 6.49. The fourth-order valence-electron chi connectivity index (χ4n) is 3.75. The van der Waals surface area contributed by atoms with E-state index in [0.717, 1.165) is 47.8 Å². The number of ether oxygens (including phenoxy) is 1. The van der Waals surface area contributed by atoms with E-state index in [-0.39, 0.29) is 5.56 Å². The van der Waals surface area contributed by atoms with Crippen molar-refractivity contribution < 1.29 is 13.5 Å². The van der Waals surface area contributed by atoms with E-state index in [1.54, 1.807) is 12.1 Å². The molecule has 0 saturated carbocycles. The van der Waals surface area contributed by atoms with Gasteiger partial charge in [0, 0.05) is 47.1 Å². The molecular weight excluding hydrogens is 428 g/mol. The van der Waals surface area contributed by atoms with Crippen molar-refractivity contribution in [2.24, 2.45) is 0 Å². The molecule has 5 heteroatoms. The van der Waals surface area contributed by atoms with Gasteiger partial charge in [-0.3, -0.25) is 0 Å². The summed E-state index contributed by atoms with van der Waals surface area (Å²) in [5.41, 5.74) is 4.80. The van der Waals surface area contributed by atoms with Gasteiger partial charge in [0.15, 0.2) is 0 Å². The van der Waals surface area contributed by atoms with Gasteiger partial charge in [0.2, 0.25) is 0 Å². The number of alkyl halides is 2. The first-order chi connectivity index (χ1) is 15.1. The fourth-order valence-corrected chi connectivity index (χ4v) is 3.95. The summed E-state index contributed by atoms with van der Waals surface area (Å²) < 4.78 is 35.2. The lowest BCUT2D eigenvalue weighted by Crippen LogP contribution is -2.06. The number of rotatable bonds is 8. The Morgan fingerprint density at radius 3 is 2.41 bits per heavy atom. The van der Waals surface area contributed by atoms with Crippen LogP contribution in [0.25, 0.3) is 22.2 Å². The predicted molar refractivity (Wildman–Crippen MR) is 131 cm³/mol. The zero-order valence-electron chi connectivity index (χ0n) is 18.9. The van der Waals surface area contributed by atoms with Crippen LogP contribution in [0.15, 0.2) is 61.3 Å². The minimum atomic E-state index is -2.88. The maximum absolute atomic E-state index is 13.5. The van der Waals surface area contributed by atoms with Crippen LogP contribution in [0.4, 0.5) is 8.78 Å². The Morgan fingerprint density at radius 1 is 1.16 bits per heavy atom. The highest BCUT2D eigenvalue weighted by Crippen LogP contribution is 2.38. The van der Waals surface area contributed by atoms with Crippen LogP contribution >= 0.6 is 11.6 Å². The summed E-state index contributed by atoms with van der Waals surface area (Å²) in [6, 6.07) is 11.8. The Kier molecular flexibility index (Phi) is 7.25. The summed E-state index contributed by atoms with van der Waals surface area (Å²) >= 11 is 6.44. The van der Waals surface area contributed by atoms with Crippen LogP contribution in [-0.2, 0) is 12.5 Å². The fraction of sp³-hybridized carbons (Fsp3) is 0.259. The van der Waals surface area contributed by atoms with Crippen LogP contribution in [0.2, 0.25) is 0 Å². The normalized spacial score (nSPS) is 11.8. The quantitative estimate of drug-likeness (QED) is 0.330. The first-order valence-electron chi connectivity index (χ1n) is 10.6. The van der Waals surface area contributed by atoms with Gasteiger partial charge < -0.3 is 9.30 Å². The van der Waals surface area contributed by atoms with Gasteiger partial charge in [-0.25, -0.2) is 8.78 Å². The molecule has 0 atom stereocenters. The van der Waals surface area contributed by atoms with Gasteiger partial charge >= 0.3 is 0 Å². The summed E-state index contributed by atoms with van der Waals surface area (Å²) in [7, 11) is 0. The van der Waals surface area contributed by atoms with Crippen molar-refractivity contribution in [3.8, 4) is 22.6 Å². The number of nitrogens with zero attached hydrogens (tertiary/aromatic N) is 1. The molecule has 0 N–H and O–H groups in total. The number of hydrogen-bond acceptors (Lipinski definition) is 1. The molecule has 3 rings (SSSR count). The van der Waals surface area contributed by atoms with Gasteiger partial charge in [-0.15, -0.1) is 0 Å². The average molecular weight is 456 g/mol. The van der Waals surface area contributed by atoms with E-state index < -0.39 is 5.92 Å². The zero-order valence-corrected chi connectivity index (χ0v) is 19.6. The monoisotopic (exact) mass is 455 g/mol. The highest BCUT2D eigenvalue weighted by Gasteiger charge is 2.24. The first kappa shape index (κ1) is 23.8. The lowest BCUT2D eigenvalue weighted by atomic mass is 10.00. The topological polar surface area (TPSA) is 14.2 Å². The van der Waals surface area contributed by atoms with Gasteiger partial charge in [0.25, 0.3) is 5.92 Å². The molecule has 0 aliphatic heterocycles. The van der Waals surface area contributed by atoms with E-state index in [0.29, 0.717) is 16.5 Å². The molecule has 1 aromatic heterocycles. The molecule has 1 heterocycles. The van der Waals surface area contributed by atoms with Crippen LogP contribution in [0, 0.1) is 6.92 Å². The Morgan fingerprint density at radius 2 is 1.84 bits per heavy atom. The summed E-state index contributed by atoms with van der Waals surface area (Å²) in [5, 5.41) is 0.475. The van der Waals surface area contributed by atoms with Gasteiger partial charge in [-0.2, -0.15) is 0 Å². The van der Waals surface area contributed by atoms with Crippen LogP contribution < -0.4 is 4.74 Å². The summed E-state index contributed by atoms with van der Waals surface area (Å²) in [6.07, 6.45) is 7.11. The molecule has 0 amide bonds. The number of halogens is 3. The molecule has 2 nitrogen and oxygen atoms in total. The van der Waals surface area contributed by atoms with E-state index in [4.69, 9.17) is 16.3 Å². The van der Waals surface area contributed by atoms with Gasteiger partial charge in [-0.1, -0.05) is 37.2 Å². The second-order valence-corrected chi connectivity index (χ2v) is 8.41. The molecule has 0 unspecified atom stereocenters. The molecule has 0 radical (unpaired) electrons. The minimum Gasteiger partial charge on any atom is -0.457 e.